The summed E-state index contributed by atoms with van der Waals surface area (Å²) in [6.45, 7) is 11.7. The molecule has 0 heterocycles. The second-order valence-corrected chi connectivity index (χ2v) is 13.7. The van der Waals surface area contributed by atoms with Gasteiger partial charge < -0.3 is 14.2 Å². The van der Waals surface area contributed by atoms with Crippen molar-refractivity contribution in [2.24, 2.45) is 5.92 Å². The molecule has 0 saturated heterocycles. The van der Waals surface area contributed by atoms with E-state index in [4.69, 9.17) is 14.2 Å². The molecule has 0 amide bonds. The molecule has 0 N–H and O–H groups in total. The first-order valence-electron chi connectivity index (χ1n) is 11.9. The Bertz CT molecular complexity index is 874. The van der Waals surface area contributed by atoms with Crippen molar-refractivity contribution >= 4 is 25.2 Å². The Hall–Kier alpha value is -2.60. The third-order valence-electron chi connectivity index (χ3n) is 5.88. The van der Waals surface area contributed by atoms with E-state index in [2.05, 4.69) is 44.3 Å². The molecule has 0 aliphatic carbocycles. The molecule has 0 fully saturated rings. The highest BCUT2D eigenvalue weighted by atomic mass is 28.3. The third kappa shape index (κ3) is 8.35. The second-order valence-electron chi connectivity index (χ2n) is 8.89. The van der Waals surface area contributed by atoms with Gasteiger partial charge in [0.1, 0.15) is 5.75 Å². The van der Waals surface area contributed by atoms with Crippen LogP contribution in [0.4, 0.5) is 0 Å². The van der Waals surface area contributed by atoms with Crippen LogP contribution in [0.1, 0.15) is 37.8 Å². The maximum Gasteiger partial charge on any atom is 0.320 e. The van der Waals surface area contributed by atoms with E-state index in [0.717, 1.165) is 17.7 Å². The van der Waals surface area contributed by atoms with Crippen LogP contribution in [0.5, 0.6) is 5.75 Å². The van der Waals surface area contributed by atoms with E-state index in [9.17, 15) is 9.59 Å². The molecule has 0 unspecified atom stereocenters. The zero-order valence-electron chi connectivity index (χ0n) is 20.7. The summed E-state index contributed by atoms with van der Waals surface area (Å²) in [5.41, 5.74) is 2.42. The first kappa shape index (κ1) is 26.6. The van der Waals surface area contributed by atoms with Crippen molar-refractivity contribution in [2.75, 3.05) is 19.8 Å². The summed E-state index contributed by atoms with van der Waals surface area (Å²) in [7, 11) is -1.48. The van der Waals surface area contributed by atoms with Gasteiger partial charge in [-0.25, -0.2) is 0 Å². The van der Waals surface area contributed by atoms with Gasteiger partial charge in [-0.05, 0) is 57.7 Å². The number of hydrogen-bond acceptors (Lipinski definition) is 5. The number of carbonyl (C=O) groups is 2. The number of aryl methyl sites for hydroxylation is 2. The SMILES string of the molecule is CCOC(=O)C(CCc1ccc(OCCC[Si](C)(C)c2ccccc2C)cc1)C(=O)OCC. The number of esters is 2. The second kappa shape index (κ2) is 13.2. The molecule has 33 heavy (non-hydrogen) atoms. The quantitative estimate of drug-likeness (QED) is 0.177. The normalized spacial score (nSPS) is 11.3. The maximum absolute atomic E-state index is 12.1. The monoisotopic (exact) mass is 470 g/mol. The van der Waals surface area contributed by atoms with Gasteiger partial charge in [-0.15, -0.1) is 0 Å². The molecule has 0 spiro atoms. The Balaban J connectivity index is 1.83. The van der Waals surface area contributed by atoms with Crippen LogP contribution in [0, 0.1) is 12.8 Å². The predicted octanol–water partition coefficient (Wildman–Crippen LogP) is 5.05. The van der Waals surface area contributed by atoms with Crippen LogP contribution < -0.4 is 9.92 Å². The molecule has 0 aromatic heterocycles. The number of carbonyl (C=O) groups excluding carboxylic acids is 2. The summed E-state index contributed by atoms with van der Waals surface area (Å²) >= 11 is 0. The van der Waals surface area contributed by atoms with Crippen LogP contribution in [-0.4, -0.2) is 39.8 Å². The standard InChI is InChI=1S/C27H38O5Si/c1-6-30-26(28)24(27(29)31-7-2)18-15-22-13-16-23(17-14-22)32-19-10-20-33(4,5)25-12-9-8-11-21(25)3/h8-9,11-14,16-17,24H,6-7,10,15,18-20H2,1-5H3. The van der Waals surface area contributed by atoms with E-state index in [1.54, 1.807) is 13.8 Å². The highest BCUT2D eigenvalue weighted by Gasteiger charge is 2.29. The lowest BCUT2D eigenvalue weighted by Crippen LogP contribution is -2.42. The topological polar surface area (TPSA) is 61.8 Å². The summed E-state index contributed by atoms with van der Waals surface area (Å²) in [4.78, 5) is 24.2. The summed E-state index contributed by atoms with van der Waals surface area (Å²) < 4.78 is 16.0. The average Bonchev–Trinajstić information content (AvgIpc) is 2.78. The molecule has 2 rings (SSSR count). The fraction of sp³-hybridized carbons (Fsp3) is 0.481. The molecule has 0 bridgehead atoms. The van der Waals surface area contributed by atoms with Gasteiger partial charge in [0, 0.05) is 0 Å². The largest absolute Gasteiger partial charge is 0.494 e. The highest BCUT2D eigenvalue weighted by molar-refractivity contribution is 6.90. The Morgan fingerprint density at radius 1 is 0.909 bits per heavy atom. The molecule has 0 aliphatic heterocycles. The van der Waals surface area contributed by atoms with Crippen molar-refractivity contribution in [3.05, 3.63) is 59.7 Å². The van der Waals surface area contributed by atoms with Gasteiger partial charge in [0.15, 0.2) is 5.92 Å². The lowest BCUT2D eigenvalue weighted by molar-refractivity contribution is -0.161. The summed E-state index contributed by atoms with van der Waals surface area (Å²) in [5.74, 6) is -1.09. The van der Waals surface area contributed by atoms with Crippen molar-refractivity contribution in [3.8, 4) is 5.75 Å². The molecule has 0 atom stereocenters. The Labute approximate surface area is 199 Å². The zero-order chi connectivity index (χ0) is 24.3. The molecule has 5 nitrogen and oxygen atoms in total. The number of rotatable bonds is 13. The average molecular weight is 471 g/mol. The third-order valence-corrected chi connectivity index (χ3v) is 9.50. The minimum absolute atomic E-state index is 0.241. The van der Waals surface area contributed by atoms with Crippen LogP contribution in [0.2, 0.25) is 19.1 Å². The first-order valence-corrected chi connectivity index (χ1v) is 15.1. The van der Waals surface area contributed by atoms with Gasteiger partial charge >= 0.3 is 11.9 Å². The molecular formula is C27H38O5Si. The van der Waals surface area contributed by atoms with Crippen LogP contribution in [0.25, 0.3) is 0 Å². The Morgan fingerprint density at radius 3 is 2.09 bits per heavy atom. The van der Waals surface area contributed by atoms with E-state index < -0.39 is 25.9 Å². The lowest BCUT2D eigenvalue weighted by Gasteiger charge is -2.25. The van der Waals surface area contributed by atoms with Crippen LogP contribution in [0.15, 0.2) is 48.5 Å². The van der Waals surface area contributed by atoms with Gasteiger partial charge in [0.25, 0.3) is 0 Å². The fourth-order valence-electron chi connectivity index (χ4n) is 4.05. The molecule has 2 aromatic rings. The Kier molecular flexibility index (Phi) is 10.6. The van der Waals surface area contributed by atoms with Gasteiger partial charge in [0.2, 0.25) is 0 Å². The van der Waals surface area contributed by atoms with Crippen LogP contribution >= 0.6 is 0 Å². The highest BCUT2D eigenvalue weighted by Crippen LogP contribution is 2.19. The van der Waals surface area contributed by atoms with Gasteiger partial charge in [0.05, 0.1) is 27.9 Å². The number of hydrogen-bond donors (Lipinski definition) is 0. The first-order chi connectivity index (χ1) is 15.8. The van der Waals surface area contributed by atoms with Gasteiger partial charge in [-0.3, -0.25) is 9.59 Å². The minimum Gasteiger partial charge on any atom is -0.494 e. The van der Waals surface area contributed by atoms with E-state index in [-0.39, 0.29) is 13.2 Å². The van der Waals surface area contributed by atoms with Crippen LogP contribution in [0.3, 0.4) is 0 Å². The molecule has 180 valence electrons. The summed E-state index contributed by atoms with van der Waals surface area (Å²) in [6.07, 6.45) is 1.96. The van der Waals surface area contributed by atoms with Gasteiger partial charge in [-0.2, -0.15) is 0 Å². The predicted molar refractivity (Wildman–Crippen MR) is 135 cm³/mol. The van der Waals surface area contributed by atoms with Crippen molar-refractivity contribution < 1.29 is 23.8 Å². The maximum atomic E-state index is 12.1. The number of ether oxygens (including phenoxy) is 3. The van der Waals surface area contributed by atoms with Gasteiger partial charge in [-0.1, -0.05) is 66.3 Å². The molecule has 6 heteroatoms. The fourth-order valence-corrected chi connectivity index (χ4v) is 7.05. The van der Waals surface area contributed by atoms with E-state index in [0.29, 0.717) is 19.4 Å². The summed E-state index contributed by atoms with van der Waals surface area (Å²) in [6, 6.07) is 17.7. The number of benzene rings is 2. The van der Waals surface area contributed by atoms with Crippen molar-refractivity contribution in [3.63, 3.8) is 0 Å². The van der Waals surface area contributed by atoms with Crippen molar-refractivity contribution in [2.45, 2.75) is 59.2 Å². The molecule has 0 aliphatic rings. The Morgan fingerprint density at radius 2 is 1.52 bits per heavy atom. The molecular weight excluding hydrogens is 432 g/mol. The van der Waals surface area contributed by atoms with E-state index in [1.807, 2.05) is 24.3 Å². The van der Waals surface area contributed by atoms with Crippen molar-refractivity contribution in [1.82, 2.24) is 0 Å². The van der Waals surface area contributed by atoms with E-state index in [1.165, 1.54) is 16.8 Å². The zero-order valence-corrected chi connectivity index (χ0v) is 21.7. The minimum atomic E-state index is -1.48. The van der Waals surface area contributed by atoms with Crippen LogP contribution in [-0.2, 0) is 25.5 Å². The summed E-state index contributed by atoms with van der Waals surface area (Å²) in [5, 5.41) is 1.53. The smallest absolute Gasteiger partial charge is 0.320 e. The molecule has 0 saturated carbocycles. The van der Waals surface area contributed by atoms with Crippen molar-refractivity contribution in [1.29, 1.82) is 0 Å². The lowest BCUT2D eigenvalue weighted by atomic mass is 9.99. The van der Waals surface area contributed by atoms with E-state index >= 15 is 0 Å². The molecule has 2 aromatic carbocycles. The molecule has 0 radical (unpaired) electrons.